The van der Waals surface area contributed by atoms with E-state index in [1.807, 2.05) is 12.4 Å². The Morgan fingerprint density at radius 1 is 1.55 bits per heavy atom. The van der Waals surface area contributed by atoms with Crippen LogP contribution in [-0.2, 0) is 22.6 Å². The van der Waals surface area contributed by atoms with Gasteiger partial charge in [0.05, 0.1) is 19.2 Å². The Bertz CT molecular complexity index is 433. The number of nitrogens with zero attached hydrogens (tertiary/aromatic N) is 3. The SMILES string of the molecule is CNC(=O)C1CCCCN1Cc1nccn1CCOC. The zero-order valence-electron chi connectivity index (χ0n) is 12.3. The maximum atomic E-state index is 12.0. The molecule has 0 saturated carbocycles. The number of hydrogen-bond acceptors (Lipinski definition) is 4. The Kier molecular flexibility index (Phi) is 5.55. The minimum Gasteiger partial charge on any atom is -0.383 e. The maximum Gasteiger partial charge on any atom is 0.237 e. The molecule has 20 heavy (non-hydrogen) atoms. The van der Waals surface area contributed by atoms with Crippen LogP contribution in [0.1, 0.15) is 25.1 Å². The minimum absolute atomic E-state index is 0.0266. The van der Waals surface area contributed by atoms with Crippen molar-refractivity contribution in [3.63, 3.8) is 0 Å². The summed E-state index contributed by atoms with van der Waals surface area (Å²) < 4.78 is 7.21. The van der Waals surface area contributed by atoms with E-state index in [1.54, 1.807) is 14.2 Å². The molecule has 1 N–H and O–H groups in total. The first-order valence-corrected chi connectivity index (χ1v) is 7.21. The standard InChI is InChI=1S/C14H24N4O2/c1-15-14(19)12-5-3-4-7-18(12)11-13-16-6-8-17(13)9-10-20-2/h6,8,12H,3-5,7,9-11H2,1-2H3,(H,15,19). The lowest BCUT2D eigenvalue weighted by atomic mass is 10.0. The average Bonchev–Trinajstić information content (AvgIpc) is 2.92. The Hall–Kier alpha value is -1.40. The third-order valence-electron chi connectivity index (χ3n) is 3.85. The van der Waals surface area contributed by atoms with Gasteiger partial charge < -0.3 is 14.6 Å². The lowest BCUT2D eigenvalue weighted by Gasteiger charge is -2.34. The zero-order chi connectivity index (χ0) is 14.4. The number of aromatic nitrogens is 2. The van der Waals surface area contributed by atoms with Gasteiger partial charge in [-0.25, -0.2) is 4.98 Å². The van der Waals surface area contributed by atoms with Crippen LogP contribution >= 0.6 is 0 Å². The summed E-state index contributed by atoms with van der Waals surface area (Å²) in [6.07, 6.45) is 6.97. The van der Waals surface area contributed by atoms with Gasteiger partial charge in [-0.15, -0.1) is 0 Å². The van der Waals surface area contributed by atoms with Gasteiger partial charge in [0.1, 0.15) is 5.82 Å². The summed E-state index contributed by atoms with van der Waals surface area (Å²) in [6, 6.07) is -0.0266. The molecular weight excluding hydrogens is 256 g/mol. The fourth-order valence-corrected chi connectivity index (χ4v) is 2.71. The Morgan fingerprint density at radius 3 is 3.15 bits per heavy atom. The van der Waals surface area contributed by atoms with Crippen LogP contribution in [0, 0.1) is 0 Å². The molecule has 112 valence electrons. The number of nitrogens with one attached hydrogen (secondary N) is 1. The fourth-order valence-electron chi connectivity index (χ4n) is 2.71. The van der Waals surface area contributed by atoms with Gasteiger partial charge in [0.2, 0.25) is 5.91 Å². The monoisotopic (exact) mass is 280 g/mol. The second-order valence-corrected chi connectivity index (χ2v) is 5.13. The van der Waals surface area contributed by atoms with E-state index in [-0.39, 0.29) is 11.9 Å². The van der Waals surface area contributed by atoms with Gasteiger partial charge in [0.15, 0.2) is 0 Å². The molecule has 6 nitrogen and oxygen atoms in total. The van der Waals surface area contributed by atoms with E-state index in [4.69, 9.17) is 4.74 Å². The number of amides is 1. The zero-order valence-corrected chi connectivity index (χ0v) is 12.3. The van der Waals surface area contributed by atoms with Crippen LogP contribution in [-0.4, -0.2) is 53.7 Å². The Balaban J connectivity index is 2.03. The van der Waals surface area contributed by atoms with Crippen LogP contribution in [0.3, 0.4) is 0 Å². The fraction of sp³-hybridized carbons (Fsp3) is 0.714. The highest BCUT2D eigenvalue weighted by atomic mass is 16.5. The lowest BCUT2D eigenvalue weighted by Crippen LogP contribution is -2.48. The molecule has 1 saturated heterocycles. The Labute approximate surface area is 120 Å². The molecular formula is C14H24N4O2. The maximum absolute atomic E-state index is 12.0. The van der Waals surface area contributed by atoms with Crippen molar-refractivity contribution in [1.82, 2.24) is 19.8 Å². The summed E-state index contributed by atoms with van der Waals surface area (Å²) in [6.45, 7) is 3.14. The summed E-state index contributed by atoms with van der Waals surface area (Å²) in [4.78, 5) is 18.6. The van der Waals surface area contributed by atoms with Crippen molar-refractivity contribution in [2.24, 2.45) is 0 Å². The average molecular weight is 280 g/mol. The van der Waals surface area contributed by atoms with Crippen LogP contribution in [0.5, 0.6) is 0 Å². The van der Waals surface area contributed by atoms with Crippen molar-refractivity contribution in [1.29, 1.82) is 0 Å². The van der Waals surface area contributed by atoms with Crippen LogP contribution in [0.25, 0.3) is 0 Å². The third-order valence-corrected chi connectivity index (χ3v) is 3.85. The largest absolute Gasteiger partial charge is 0.383 e. The number of rotatable bonds is 6. The molecule has 0 aliphatic carbocycles. The van der Waals surface area contributed by atoms with E-state index in [0.29, 0.717) is 6.61 Å². The molecule has 2 heterocycles. The van der Waals surface area contributed by atoms with Crippen molar-refractivity contribution in [3.8, 4) is 0 Å². The van der Waals surface area contributed by atoms with Crippen molar-refractivity contribution in [2.75, 3.05) is 27.3 Å². The highest BCUT2D eigenvalue weighted by Gasteiger charge is 2.28. The number of likely N-dealkylation sites (N-methyl/N-ethyl adjacent to an activating group) is 1. The highest BCUT2D eigenvalue weighted by Crippen LogP contribution is 2.19. The highest BCUT2D eigenvalue weighted by molar-refractivity contribution is 5.81. The normalized spacial score (nSPS) is 20.0. The van der Waals surface area contributed by atoms with Gasteiger partial charge in [-0.2, -0.15) is 0 Å². The molecule has 6 heteroatoms. The van der Waals surface area contributed by atoms with Crippen LogP contribution in [0.2, 0.25) is 0 Å². The van der Waals surface area contributed by atoms with Crippen LogP contribution in [0.15, 0.2) is 12.4 Å². The van der Waals surface area contributed by atoms with Crippen LogP contribution in [0.4, 0.5) is 0 Å². The first-order chi connectivity index (χ1) is 9.76. The molecule has 1 aliphatic rings. The lowest BCUT2D eigenvalue weighted by molar-refractivity contribution is -0.127. The number of hydrogen-bond donors (Lipinski definition) is 1. The molecule has 1 atom stereocenters. The predicted octanol–water partition coefficient (Wildman–Crippen LogP) is 0.630. The predicted molar refractivity (Wildman–Crippen MR) is 76.2 cm³/mol. The van der Waals surface area contributed by atoms with Gasteiger partial charge in [-0.3, -0.25) is 9.69 Å². The van der Waals surface area contributed by atoms with Gasteiger partial charge in [-0.05, 0) is 19.4 Å². The smallest absolute Gasteiger partial charge is 0.237 e. The van der Waals surface area contributed by atoms with Crippen molar-refractivity contribution < 1.29 is 9.53 Å². The van der Waals surface area contributed by atoms with Gasteiger partial charge >= 0.3 is 0 Å². The molecule has 2 rings (SSSR count). The quantitative estimate of drug-likeness (QED) is 0.830. The number of carbonyl (C=O) groups excluding carboxylic acids is 1. The topological polar surface area (TPSA) is 59.4 Å². The number of piperidine rings is 1. The number of imidazole rings is 1. The first kappa shape index (κ1) is 15.0. The third kappa shape index (κ3) is 3.58. The van der Waals surface area contributed by atoms with E-state index in [2.05, 4.69) is 19.8 Å². The van der Waals surface area contributed by atoms with Gasteiger partial charge in [0.25, 0.3) is 0 Å². The van der Waals surface area contributed by atoms with E-state index in [0.717, 1.165) is 44.7 Å². The molecule has 0 bridgehead atoms. The summed E-state index contributed by atoms with van der Waals surface area (Å²) >= 11 is 0. The molecule has 1 unspecified atom stereocenters. The summed E-state index contributed by atoms with van der Waals surface area (Å²) in [5.41, 5.74) is 0. The summed E-state index contributed by atoms with van der Waals surface area (Å²) in [7, 11) is 3.40. The molecule has 1 aromatic rings. The first-order valence-electron chi connectivity index (χ1n) is 7.21. The van der Waals surface area contributed by atoms with E-state index < -0.39 is 0 Å². The number of carbonyl (C=O) groups is 1. The number of methoxy groups -OCH3 is 1. The Morgan fingerprint density at radius 2 is 2.40 bits per heavy atom. The molecule has 0 spiro atoms. The van der Waals surface area contributed by atoms with Crippen molar-refractivity contribution in [2.45, 2.75) is 38.4 Å². The van der Waals surface area contributed by atoms with E-state index >= 15 is 0 Å². The van der Waals surface area contributed by atoms with Gasteiger partial charge in [0, 0.05) is 33.1 Å². The van der Waals surface area contributed by atoms with E-state index in [9.17, 15) is 4.79 Å². The summed E-state index contributed by atoms with van der Waals surface area (Å²) in [5.74, 6) is 1.11. The summed E-state index contributed by atoms with van der Waals surface area (Å²) in [5, 5.41) is 2.77. The van der Waals surface area contributed by atoms with Crippen LogP contribution < -0.4 is 5.32 Å². The molecule has 0 aromatic carbocycles. The number of likely N-dealkylation sites (tertiary alicyclic amines) is 1. The molecule has 0 radical (unpaired) electrons. The minimum atomic E-state index is -0.0266. The second kappa shape index (κ2) is 7.40. The molecule has 1 aromatic heterocycles. The molecule has 1 fully saturated rings. The molecule has 1 aliphatic heterocycles. The van der Waals surface area contributed by atoms with Crippen molar-refractivity contribution >= 4 is 5.91 Å². The number of ether oxygens (including phenoxy) is 1. The second-order valence-electron chi connectivity index (χ2n) is 5.13. The van der Waals surface area contributed by atoms with Crippen molar-refractivity contribution in [3.05, 3.63) is 18.2 Å². The molecule has 1 amide bonds. The van der Waals surface area contributed by atoms with E-state index in [1.165, 1.54) is 0 Å². The van der Waals surface area contributed by atoms with Gasteiger partial charge in [-0.1, -0.05) is 6.42 Å².